The highest BCUT2D eigenvalue weighted by Crippen LogP contribution is 2.39. The van der Waals surface area contributed by atoms with Crippen LogP contribution < -0.4 is 21.3 Å². The Bertz CT molecular complexity index is 1040. The van der Waals surface area contributed by atoms with Crippen LogP contribution in [0, 0.1) is 0 Å². The molecule has 0 saturated carbocycles. The molecule has 2 aliphatic heterocycles. The maximum atomic E-state index is 12.9. The van der Waals surface area contributed by atoms with Crippen LogP contribution in [-0.4, -0.2) is 62.7 Å². The van der Waals surface area contributed by atoms with Gasteiger partial charge in [-0.1, -0.05) is 6.42 Å². The lowest BCUT2D eigenvalue weighted by atomic mass is 9.92. The smallest absolute Gasteiger partial charge is 0.315 e. The first-order valence-corrected chi connectivity index (χ1v) is 15.5. The van der Waals surface area contributed by atoms with E-state index in [2.05, 4.69) is 45.2 Å². The second kappa shape index (κ2) is 14.5. The molecule has 4 N–H and O–H groups in total. The summed E-state index contributed by atoms with van der Waals surface area (Å²) in [7, 11) is 0. The van der Waals surface area contributed by atoms with E-state index >= 15 is 0 Å². The van der Waals surface area contributed by atoms with E-state index < -0.39 is 0 Å². The van der Waals surface area contributed by atoms with Crippen LogP contribution in [-0.2, 0) is 16.1 Å². The number of carbonyl (C=O) groups is 3. The second-order valence-electron chi connectivity index (χ2n) is 11.0. The van der Waals surface area contributed by atoms with Crippen molar-refractivity contribution in [2.45, 2.75) is 94.1 Å². The molecule has 2 aromatic rings. The first-order valence-electron chi connectivity index (χ1n) is 14.4. The Hall–Kier alpha value is -2.88. The Labute approximate surface area is 236 Å². The van der Waals surface area contributed by atoms with E-state index in [0.29, 0.717) is 24.8 Å². The van der Waals surface area contributed by atoms with Crippen LogP contribution in [0.4, 0.5) is 4.79 Å². The number of aryl methyl sites for hydroxylation is 1. The molecular formula is C29H44N6O3S. The van der Waals surface area contributed by atoms with Crippen LogP contribution in [0.15, 0.2) is 49.1 Å². The molecule has 4 rings (SSSR count). The van der Waals surface area contributed by atoms with E-state index in [4.69, 9.17) is 0 Å². The number of hydrogen-bond donors (Lipinski definition) is 4. The molecule has 4 heterocycles. The van der Waals surface area contributed by atoms with Gasteiger partial charge in [0.25, 0.3) is 0 Å². The van der Waals surface area contributed by atoms with Crippen molar-refractivity contribution in [1.29, 1.82) is 0 Å². The Balaban J connectivity index is 1.03. The number of amides is 4. The van der Waals surface area contributed by atoms with E-state index in [1.165, 1.54) is 0 Å². The Morgan fingerprint density at radius 2 is 1.72 bits per heavy atom. The van der Waals surface area contributed by atoms with E-state index in [1.54, 1.807) is 0 Å². The van der Waals surface area contributed by atoms with Gasteiger partial charge in [-0.2, -0.15) is 11.8 Å². The highest BCUT2D eigenvalue weighted by atomic mass is 32.2. The lowest BCUT2D eigenvalue weighted by molar-refractivity contribution is -0.124. The van der Waals surface area contributed by atoms with Crippen LogP contribution in [0.25, 0.3) is 0 Å². The van der Waals surface area contributed by atoms with Gasteiger partial charge in [0.1, 0.15) is 6.04 Å². The summed E-state index contributed by atoms with van der Waals surface area (Å²) >= 11 is 1.91. The lowest BCUT2D eigenvalue weighted by Crippen LogP contribution is -2.47. The molecule has 39 heavy (non-hydrogen) atoms. The Kier molecular flexibility index (Phi) is 10.8. The molecule has 214 valence electrons. The van der Waals surface area contributed by atoms with Crippen molar-refractivity contribution < 1.29 is 14.4 Å². The van der Waals surface area contributed by atoms with Crippen molar-refractivity contribution in [3.05, 3.63) is 49.1 Å². The van der Waals surface area contributed by atoms with Gasteiger partial charge in [0.15, 0.2) is 0 Å². The van der Waals surface area contributed by atoms with E-state index in [-0.39, 0.29) is 35.5 Å². The van der Waals surface area contributed by atoms with E-state index in [9.17, 15) is 14.4 Å². The third kappa shape index (κ3) is 8.55. The molecule has 2 aliphatic rings. The van der Waals surface area contributed by atoms with Crippen LogP contribution in [0.1, 0.15) is 70.8 Å². The van der Waals surface area contributed by atoms with Crippen LogP contribution in [0.5, 0.6) is 0 Å². The normalized spacial score (nSPS) is 22.6. The minimum absolute atomic E-state index is 0.0601. The van der Waals surface area contributed by atoms with E-state index in [0.717, 1.165) is 63.7 Å². The third-order valence-corrected chi connectivity index (χ3v) is 9.51. The van der Waals surface area contributed by atoms with Gasteiger partial charge in [-0.25, -0.2) is 4.79 Å². The summed E-state index contributed by atoms with van der Waals surface area (Å²) in [4.78, 5) is 36.8. The summed E-state index contributed by atoms with van der Waals surface area (Å²) in [6, 6.07) is 7.90. The maximum absolute atomic E-state index is 12.9. The van der Waals surface area contributed by atoms with Gasteiger partial charge in [-0.15, -0.1) is 0 Å². The zero-order valence-corrected chi connectivity index (χ0v) is 23.9. The zero-order chi connectivity index (χ0) is 27.5. The summed E-state index contributed by atoms with van der Waals surface area (Å²) < 4.78 is 4.17. The molecule has 0 radical (unpaired) electrons. The molecule has 2 saturated heterocycles. The minimum Gasteiger partial charge on any atom is -0.356 e. The number of nitrogens with one attached hydrogen (secondary N) is 4. The third-order valence-electron chi connectivity index (χ3n) is 7.81. The van der Waals surface area contributed by atoms with Gasteiger partial charge in [0.05, 0.1) is 11.6 Å². The maximum Gasteiger partial charge on any atom is 0.315 e. The molecule has 0 unspecified atom stereocenters. The molecule has 10 heteroatoms. The molecule has 4 amide bonds. The van der Waals surface area contributed by atoms with Gasteiger partial charge in [-0.3, -0.25) is 9.59 Å². The molecule has 4 atom stereocenters. The van der Waals surface area contributed by atoms with Crippen molar-refractivity contribution in [3.8, 4) is 0 Å². The number of urea groups is 1. The van der Waals surface area contributed by atoms with Crippen molar-refractivity contribution in [3.63, 3.8) is 0 Å². The van der Waals surface area contributed by atoms with Crippen molar-refractivity contribution >= 4 is 29.6 Å². The standard InChI is InChI=1S/C29H44N6O3S/c1-29-22-39-24(26(29)32-28(38)33-29)13-2-3-14-25(36)30-15-5-6-16-31-27(37)23(35-20-10-11-21-35)12-4-7-17-34-18-8-9-19-34/h8-11,18-21,23-24,26H,2-7,12-17,22H2,1H3,(H,30,36)(H,31,37)(H2,32,33,38)/t23-,24-,26+,29-/m0/s1. The van der Waals surface area contributed by atoms with Gasteiger partial charge < -0.3 is 30.4 Å². The summed E-state index contributed by atoms with van der Waals surface area (Å²) in [5.41, 5.74) is -0.143. The van der Waals surface area contributed by atoms with Crippen LogP contribution in [0.3, 0.4) is 0 Å². The quantitative estimate of drug-likeness (QED) is 0.175. The fraction of sp³-hybridized carbons (Fsp3) is 0.621. The summed E-state index contributed by atoms with van der Waals surface area (Å²) in [5.74, 6) is 1.08. The van der Waals surface area contributed by atoms with Crippen molar-refractivity contribution in [2.24, 2.45) is 0 Å². The van der Waals surface area contributed by atoms with Crippen molar-refractivity contribution in [2.75, 3.05) is 18.8 Å². The minimum atomic E-state index is -0.193. The molecule has 0 bridgehead atoms. The number of unbranched alkanes of at least 4 members (excludes halogenated alkanes) is 3. The molecule has 2 fully saturated rings. The average Bonchev–Trinajstić information content (AvgIpc) is 3.71. The number of hydrogen-bond acceptors (Lipinski definition) is 4. The summed E-state index contributed by atoms with van der Waals surface area (Å²) in [6.45, 7) is 4.32. The monoisotopic (exact) mass is 556 g/mol. The number of carbonyl (C=O) groups excluding carboxylic acids is 3. The number of rotatable bonds is 17. The highest BCUT2D eigenvalue weighted by molar-refractivity contribution is 8.00. The number of aromatic nitrogens is 2. The topological polar surface area (TPSA) is 109 Å². The lowest BCUT2D eigenvalue weighted by Gasteiger charge is -2.23. The zero-order valence-electron chi connectivity index (χ0n) is 23.1. The predicted octanol–water partition coefficient (Wildman–Crippen LogP) is 3.83. The Morgan fingerprint density at radius 3 is 2.49 bits per heavy atom. The average molecular weight is 557 g/mol. The molecule has 0 aliphatic carbocycles. The molecule has 2 aromatic heterocycles. The fourth-order valence-corrected chi connectivity index (χ4v) is 7.28. The Morgan fingerprint density at radius 1 is 1.00 bits per heavy atom. The summed E-state index contributed by atoms with van der Waals surface area (Å²) in [6.07, 6.45) is 15.9. The van der Waals surface area contributed by atoms with E-state index in [1.807, 2.05) is 53.0 Å². The first-order chi connectivity index (χ1) is 18.9. The van der Waals surface area contributed by atoms with Gasteiger partial charge in [0, 0.05) is 61.8 Å². The summed E-state index contributed by atoms with van der Waals surface area (Å²) in [5, 5.41) is 12.6. The predicted molar refractivity (Wildman–Crippen MR) is 156 cm³/mol. The van der Waals surface area contributed by atoms with Crippen molar-refractivity contribution in [1.82, 2.24) is 30.4 Å². The van der Waals surface area contributed by atoms with Gasteiger partial charge in [-0.05, 0) is 76.1 Å². The first kappa shape index (κ1) is 29.1. The van der Waals surface area contributed by atoms with Crippen LogP contribution in [0.2, 0.25) is 0 Å². The highest BCUT2D eigenvalue weighted by Gasteiger charge is 2.51. The number of fused-ring (bicyclic) bond motifs is 1. The fourth-order valence-electron chi connectivity index (χ4n) is 5.58. The molecular weight excluding hydrogens is 512 g/mol. The number of thioether (sulfide) groups is 1. The SMILES string of the molecule is C[C@]12CS[C@@H](CCCCC(=O)NCCCCNC(=O)[C@H](CCCCn3cccc3)n3cccc3)[C@H]1NC(=O)N2. The molecule has 0 spiro atoms. The second-order valence-corrected chi connectivity index (χ2v) is 12.2. The molecule has 0 aromatic carbocycles. The van der Waals surface area contributed by atoms with Gasteiger partial charge >= 0.3 is 6.03 Å². The van der Waals surface area contributed by atoms with Gasteiger partial charge in [0.2, 0.25) is 11.8 Å². The number of nitrogens with zero attached hydrogens (tertiary/aromatic N) is 2. The largest absolute Gasteiger partial charge is 0.356 e. The molecule has 9 nitrogen and oxygen atoms in total. The van der Waals surface area contributed by atoms with Crippen LogP contribution >= 0.6 is 11.8 Å².